The average molecular weight is 316 g/mol. The van der Waals surface area contributed by atoms with Crippen LogP contribution in [0.1, 0.15) is 22.8 Å². The molecule has 23 heavy (non-hydrogen) atoms. The van der Waals surface area contributed by atoms with Gasteiger partial charge >= 0.3 is 0 Å². The van der Waals surface area contributed by atoms with E-state index in [0.717, 1.165) is 0 Å². The van der Waals surface area contributed by atoms with Gasteiger partial charge in [0.05, 0.1) is 12.7 Å². The molecule has 0 radical (unpaired) electrons. The van der Waals surface area contributed by atoms with Crippen molar-refractivity contribution in [3.8, 4) is 5.75 Å². The van der Waals surface area contributed by atoms with Gasteiger partial charge in [0, 0.05) is 0 Å². The number of nitrogens with one attached hydrogen (secondary N) is 1. The summed E-state index contributed by atoms with van der Waals surface area (Å²) in [4.78, 5) is 24.2. The normalized spacial score (nSPS) is 13.0. The van der Waals surface area contributed by atoms with Gasteiger partial charge in [-0.05, 0) is 36.8 Å². The molecule has 6 heteroatoms. The van der Waals surface area contributed by atoms with Gasteiger partial charge in [-0.2, -0.15) is 0 Å². The molecule has 0 saturated heterocycles. The van der Waals surface area contributed by atoms with Gasteiger partial charge in [0.15, 0.2) is 0 Å². The van der Waals surface area contributed by atoms with Crippen molar-refractivity contribution in [2.45, 2.75) is 12.5 Å². The zero-order valence-electron chi connectivity index (χ0n) is 12.8. The molecule has 2 aromatic rings. The highest BCUT2D eigenvalue weighted by molar-refractivity contribution is 5.99. The molecule has 0 aliphatic carbocycles. The van der Waals surface area contributed by atoms with Gasteiger partial charge in [-0.3, -0.25) is 9.59 Å². The Morgan fingerprint density at radius 3 is 2.26 bits per heavy atom. The Morgan fingerprint density at radius 1 is 1.13 bits per heavy atom. The molecule has 0 aromatic heterocycles. The van der Waals surface area contributed by atoms with Crippen LogP contribution < -0.4 is 15.8 Å². The first kappa shape index (κ1) is 16.5. The minimum Gasteiger partial charge on any atom is -0.497 e. The van der Waals surface area contributed by atoms with Crippen molar-refractivity contribution in [2.24, 2.45) is 5.73 Å². The molecule has 2 amide bonds. The van der Waals surface area contributed by atoms with Crippen molar-refractivity contribution in [1.82, 2.24) is 5.32 Å². The minimum absolute atomic E-state index is 0.159. The summed E-state index contributed by atoms with van der Waals surface area (Å²) in [5.41, 5.74) is 4.29. The molecule has 2 rings (SSSR count). The number of primary amides is 1. The maximum atomic E-state index is 13.7. The summed E-state index contributed by atoms with van der Waals surface area (Å²) in [5.74, 6) is -1.56. The minimum atomic E-state index is -1.48. The van der Waals surface area contributed by atoms with Gasteiger partial charge in [-0.1, -0.05) is 24.3 Å². The largest absolute Gasteiger partial charge is 0.497 e. The SMILES string of the molecule is COc1ccc(C(C)(NC(=O)c2ccccc2F)C(N)=O)cc1. The summed E-state index contributed by atoms with van der Waals surface area (Å²) in [6.07, 6.45) is 0. The fourth-order valence-corrected chi connectivity index (χ4v) is 2.14. The Labute approximate surface area is 133 Å². The molecule has 120 valence electrons. The van der Waals surface area contributed by atoms with Gasteiger partial charge in [0.25, 0.3) is 5.91 Å². The molecule has 0 saturated carbocycles. The first-order valence-electron chi connectivity index (χ1n) is 6.90. The highest BCUT2D eigenvalue weighted by Gasteiger charge is 2.35. The van der Waals surface area contributed by atoms with E-state index in [-0.39, 0.29) is 5.56 Å². The number of carbonyl (C=O) groups excluding carboxylic acids is 2. The topological polar surface area (TPSA) is 81.4 Å². The van der Waals surface area contributed by atoms with Crippen LogP contribution in [0.5, 0.6) is 5.75 Å². The van der Waals surface area contributed by atoms with Crippen molar-refractivity contribution in [3.63, 3.8) is 0 Å². The second-order valence-electron chi connectivity index (χ2n) is 5.15. The van der Waals surface area contributed by atoms with Crippen LogP contribution in [0.15, 0.2) is 48.5 Å². The average Bonchev–Trinajstić information content (AvgIpc) is 2.55. The van der Waals surface area contributed by atoms with Gasteiger partial charge < -0.3 is 15.8 Å². The van der Waals surface area contributed by atoms with Crippen molar-refractivity contribution in [1.29, 1.82) is 0 Å². The van der Waals surface area contributed by atoms with Gasteiger partial charge in [0.1, 0.15) is 17.1 Å². The van der Waals surface area contributed by atoms with Gasteiger partial charge in [-0.25, -0.2) is 4.39 Å². The van der Waals surface area contributed by atoms with E-state index >= 15 is 0 Å². The summed E-state index contributed by atoms with van der Waals surface area (Å²) >= 11 is 0. The summed E-state index contributed by atoms with van der Waals surface area (Å²) in [6, 6.07) is 12.0. The third-order valence-electron chi connectivity index (χ3n) is 3.64. The number of amides is 2. The second-order valence-corrected chi connectivity index (χ2v) is 5.15. The van der Waals surface area contributed by atoms with Crippen LogP contribution in [0, 0.1) is 5.82 Å². The molecule has 1 unspecified atom stereocenters. The maximum Gasteiger partial charge on any atom is 0.255 e. The number of nitrogens with two attached hydrogens (primary N) is 1. The molecule has 0 heterocycles. The number of ether oxygens (including phenoxy) is 1. The lowest BCUT2D eigenvalue weighted by molar-refractivity contribution is -0.123. The molecule has 0 bridgehead atoms. The summed E-state index contributed by atoms with van der Waals surface area (Å²) in [6.45, 7) is 1.47. The summed E-state index contributed by atoms with van der Waals surface area (Å²) < 4.78 is 18.8. The standard InChI is InChI=1S/C17H17FN2O3/c1-17(16(19)22,11-7-9-12(23-2)10-8-11)20-15(21)13-5-3-4-6-14(13)18/h3-10H,1-2H3,(H2,19,22)(H,20,21). The second kappa shape index (κ2) is 6.48. The molecule has 0 fully saturated rings. The van der Waals surface area contributed by atoms with Crippen molar-refractivity contribution < 1.29 is 18.7 Å². The fraction of sp³-hybridized carbons (Fsp3) is 0.176. The number of hydrogen-bond acceptors (Lipinski definition) is 3. The van der Waals surface area contributed by atoms with E-state index < -0.39 is 23.2 Å². The van der Waals surface area contributed by atoms with E-state index in [2.05, 4.69) is 5.32 Å². The van der Waals surface area contributed by atoms with Gasteiger partial charge in [-0.15, -0.1) is 0 Å². The van der Waals surface area contributed by atoms with Crippen LogP contribution in [0.2, 0.25) is 0 Å². The Hall–Kier alpha value is -2.89. The molecular weight excluding hydrogens is 299 g/mol. The first-order chi connectivity index (χ1) is 10.9. The zero-order chi connectivity index (χ0) is 17.0. The first-order valence-corrected chi connectivity index (χ1v) is 6.90. The molecule has 3 N–H and O–H groups in total. The van der Waals surface area contributed by atoms with Crippen molar-refractivity contribution in [3.05, 3.63) is 65.5 Å². The zero-order valence-corrected chi connectivity index (χ0v) is 12.8. The van der Waals surface area contributed by atoms with Crippen LogP contribution in [-0.2, 0) is 10.3 Å². The quantitative estimate of drug-likeness (QED) is 0.885. The number of rotatable bonds is 5. The summed E-state index contributed by atoms with van der Waals surface area (Å²) in [5, 5.41) is 2.51. The monoisotopic (exact) mass is 316 g/mol. The van der Waals surface area contributed by atoms with Crippen LogP contribution in [0.4, 0.5) is 4.39 Å². The van der Waals surface area contributed by atoms with E-state index in [4.69, 9.17) is 10.5 Å². The molecule has 0 spiro atoms. The van der Waals surface area contributed by atoms with Crippen LogP contribution >= 0.6 is 0 Å². The predicted molar refractivity (Wildman–Crippen MR) is 83.4 cm³/mol. The molecule has 0 aliphatic heterocycles. The maximum absolute atomic E-state index is 13.7. The molecule has 2 aromatic carbocycles. The number of methoxy groups -OCH3 is 1. The lowest BCUT2D eigenvalue weighted by atomic mass is 9.90. The van der Waals surface area contributed by atoms with Crippen molar-refractivity contribution >= 4 is 11.8 Å². The van der Waals surface area contributed by atoms with Gasteiger partial charge in [0.2, 0.25) is 5.91 Å². The molecule has 1 atom stereocenters. The highest BCUT2D eigenvalue weighted by Crippen LogP contribution is 2.24. The molecule has 0 aliphatic rings. The number of carbonyl (C=O) groups is 2. The third-order valence-corrected chi connectivity index (χ3v) is 3.64. The molecular formula is C17H17FN2O3. The lowest BCUT2D eigenvalue weighted by Crippen LogP contribution is -2.52. The smallest absolute Gasteiger partial charge is 0.255 e. The molecule has 5 nitrogen and oxygen atoms in total. The lowest BCUT2D eigenvalue weighted by Gasteiger charge is -2.28. The Bertz CT molecular complexity index is 731. The van der Waals surface area contributed by atoms with E-state index in [1.165, 1.54) is 38.3 Å². The fourth-order valence-electron chi connectivity index (χ4n) is 2.14. The number of halogens is 1. The van der Waals surface area contributed by atoms with Crippen LogP contribution in [0.25, 0.3) is 0 Å². The number of benzene rings is 2. The summed E-state index contributed by atoms with van der Waals surface area (Å²) in [7, 11) is 1.52. The third kappa shape index (κ3) is 3.31. The van der Waals surface area contributed by atoms with E-state index in [1.54, 1.807) is 24.3 Å². The van der Waals surface area contributed by atoms with Crippen LogP contribution in [-0.4, -0.2) is 18.9 Å². The highest BCUT2D eigenvalue weighted by atomic mass is 19.1. The predicted octanol–water partition coefficient (Wildman–Crippen LogP) is 1.96. The van der Waals surface area contributed by atoms with E-state index in [9.17, 15) is 14.0 Å². The van der Waals surface area contributed by atoms with E-state index in [0.29, 0.717) is 11.3 Å². The Kier molecular flexibility index (Phi) is 4.64. The Balaban J connectivity index is 2.35. The Morgan fingerprint density at radius 2 is 1.74 bits per heavy atom. The van der Waals surface area contributed by atoms with Crippen LogP contribution in [0.3, 0.4) is 0 Å². The van der Waals surface area contributed by atoms with E-state index in [1.807, 2.05) is 0 Å². The number of hydrogen-bond donors (Lipinski definition) is 2. The van der Waals surface area contributed by atoms with Crippen molar-refractivity contribution in [2.75, 3.05) is 7.11 Å².